The van der Waals surface area contributed by atoms with E-state index in [0.717, 1.165) is 6.42 Å². The summed E-state index contributed by atoms with van der Waals surface area (Å²) in [5.41, 5.74) is 5.67. The molecule has 66 valence electrons. The first-order valence-corrected chi connectivity index (χ1v) is 4.69. The van der Waals surface area contributed by atoms with Crippen molar-refractivity contribution in [2.45, 2.75) is 51.5 Å². The van der Waals surface area contributed by atoms with Gasteiger partial charge in [-0.2, -0.15) is 0 Å². The van der Waals surface area contributed by atoms with Crippen LogP contribution < -0.4 is 5.73 Å². The van der Waals surface area contributed by atoms with Gasteiger partial charge in [-0.3, -0.25) is 0 Å². The first-order chi connectivity index (χ1) is 5.31. The van der Waals surface area contributed by atoms with Crippen LogP contribution in [-0.2, 0) is 0 Å². The maximum Gasteiger partial charge on any atom is 0.0221 e. The molecule has 1 nitrogen and oxygen atoms in total. The molecule has 0 aromatic carbocycles. The van der Waals surface area contributed by atoms with E-state index in [9.17, 15) is 0 Å². The van der Waals surface area contributed by atoms with E-state index in [1.807, 2.05) is 6.08 Å². The largest absolute Gasteiger partial charge is 0.324 e. The van der Waals surface area contributed by atoms with Crippen LogP contribution >= 0.6 is 0 Å². The van der Waals surface area contributed by atoms with Crippen molar-refractivity contribution in [1.29, 1.82) is 0 Å². The molecule has 0 amide bonds. The van der Waals surface area contributed by atoms with E-state index in [-0.39, 0.29) is 6.04 Å². The molecule has 0 aliphatic rings. The van der Waals surface area contributed by atoms with Gasteiger partial charge in [-0.25, -0.2) is 0 Å². The highest BCUT2D eigenvalue weighted by molar-refractivity contribution is 4.81. The van der Waals surface area contributed by atoms with Gasteiger partial charge in [0, 0.05) is 6.04 Å². The van der Waals surface area contributed by atoms with E-state index in [2.05, 4.69) is 13.5 Å². The summed E-state index contributed by atoms with van der Waals surface area (Å²) >= 11 is 0. The van der Waals surface area contributed by atoms with E-state index in [1.54, 1.807) is 0 Å². The molecular weight excluding hydrogens is 134 g/mol. The molecule has 0 saturated carbocycles. The van der Waals surface area contributed by atoms with Crippen molar-refractivity contribution < 1.29 is 0 Å². The van der Waals surface area contributed by atoms with Gasteiger partial charge in [0.15, 0.2) is 0 Å². The molecule has 0 fully saturated rings. The third kappa shape index (κ3) is 7.60. The first kappa shape index (κ1) is 10.7. The maximum atomic E-state index is 5.67. The summed E-state index contributed by atoms with van der Waals surface area (Å²) in [5.74, 6) is 0. The van der Waals surface area contributed by atoms with Crippen LogP contribution in [0.25, 0.3) is 0 Å². The summed E-state index contributed by atoms with van der Waals surface area (Å²) in [6.07, 6.45) is 9.56. The molecule has 0 aromatic heterocycles. The number of rotatable bonds is 7. The molecule has 0 aliphatic carbocycles. The lowest BCUT2D eigenvalue weighted by atomic mass is 10.1. The monoisotopic (exact) mass is 155 g/mol. The summed E-state index contributed by atoms with van der Waals surface area (Å²) in [5, 5.41) is 0. The second kappa shape index (κ2) is 7.80. The molecule has 11 heavy (non-hydrogen) atoms. The van der Waals surface area contributed by atoms with Gasteiger partial charge in [0.2, 0.25) is 0 Å². The van der Waals surface area contributed by atoms with Crippen molar-refractivity contribution in [2.75, 3.05) is 0 Å². The van der Waals surface area contributed by atoms with Crippen LogP contribution in [0.2, 0.25) is 0 Å². The molecule has 0 bridgehead atoms. The van der Waals surface area contributed by atoms with Crippen molar-refractivity contribution in [3.63, 3.8) is 0 Å². The van der Waals surface area contributed by atoms with Crippen LogP contribution in [0.3, 0.4) is 0 Å². The van der Waals surface area contributed by atoms with Crippen LogP contribution in [-0.4, -0.2) is 6.04 Å². The molecule has 1 heteroatoms. The average molecular weight is 155 g/mol. The van der Waals surface area contributed by atoms with Crippen molar-refractivity contribution in [3.8, 4) is 0 Å². The van der Waals surface area contributed by atoms with Gasteiger partial charge in [-0.15, -0.1) is 6.58 Å². The van der Waals surface area contributed by atoms with Gasteiger partial charge >= 0.3 is 0 Å². The van der Waals surface area contributed by atoms with E-state index < -0.39 is 0 Å². The fraction of sp³-hybridized carbons (Fsp3) is 0.800. The van der Waals surface area contributed by atoms with Gasteiger partial charge in [0.25, 0.3) is 0 Å². The Morgan fingerprint density at radius 3 is 2.45 bits per heavy atom. The SMILES string of the molecule is C=CC(N)CCCCCCC. The molecule has 0 radical (unpaired) electrons. The van der Waals surface area contributed by atoms with Crippen LogP contribution in [0, 0.1) is 0 Å². The summed E-state index contributed by atoms with van der Waals surface area (Å²) in [6.45, 7) is 5.88. The Balaban J connectivity index is 2.95. The number of hydrogen-bond acceptors (Lipinski definition) is 1. The Kier molecular flexibility index (Phi) is 7.59. The van der Waals surface area contributed by atoms with Crippen molar-refractivity contribution in [3.05, 3.63) is 12.7 Å². The zero-order chi connectivity index (χ0) is 8.53. The highest BCUT2D eigenvalue weighted by atomic mass is 14.6. The highest BCUT2D eigenvalue weighted by Gasteiger charge is 1.94. The molecule has 0 aromatic rings. The zero-order valence-electron chi connectivity index (χ0n) is 7.68. The molecule has 1 unspecified atom stereocenters. The van der Waals surface area contributed by atoms with Gasteiger partial charge < -0.3 is 5.73 Å². The Labute approximate surface area is 70.7 Å². The van der Waals surface area contributed by atoms with E-state index in [0.29, 0.717) is 0 Å². The van der Waals surface area contributed by atoms with Gasteiger partial charge in [0.1, 0.15) is 0 Å². The second-order valence-electron chi connectivity index (χ2n) is 3.10. The molecule has 0 heterocycles. The predicted octanol–water partition coefficient (Wildman–Crippen LogP) is 2.86. The molecule has 2 N–H and O–H groups in total. The number of nitrogens with two attached hydrogens (primary N) is 1. The summed E-state index contributed by atoms with van der Waals surface area (Å²) in [7, 11) is 0. The first-order valence-electron chi connectivity index (χ1n) is 4.69. The minimum Gasteiger partial charge on any atom is -0.324 e. The van der Waals surface area contributed by atoms with Crippen molar-refractivity contribution in [2.24, 2.45) is 5.73 Å². The maximum absolute atomic E-state index is 5.67. The average Bonchev–Trinajstić information content (AvgIpc) is 2.04. The Hall–Kier alpha value is -0.300. The Bertz CT molecular complexity index is 88.9. The second-order valence-corrected chi connectivity index (χ2v) is 3.10. The summed E-state index contributed by atoms with van der Waals surface area (Å²) in [4.78, 5) is 0. The van der Waals surface area contributed by atoms with Gasteiger partial charge in [-0.1, -0.05) is 45.1 Å². The quantitative estimate of drug-likeness (QED) is 0.444. The number of unbranched alkanes of at least 4 members (excludes halogenated alkanes) is 4. The minimum absolute atomic E-state index is 0.219. The zero-order valence-corrected chi connectivity index (χ0v) is 7.68. The Morgan fingerprint density at radius 2 is 1.91 bits per heavy atom. The lowest BCUT2D eigenvalue weighted by Crippen LogP contribution is -2.15. The smallest absolute Gasteiger partial charge is 0.0221 e. The predicted molar refractivity (Wildman–Crippen MR) is 51.5 cm³/mol. The van der Waals surface area contributed by atoms with Crippen LogP contribution in [0.15, 0.2) is 12.7 Å². The third-order valence-electron chi connectivity index (χ3n) is 1.94. The third-order valence-corrected chi connectivity index (χ3v) is 1.94. The Morgan fingerprint density at radius 1 is 1.27 bits per heavy atom. The highest BCUT2D eigenvalue weighted by Crippen LogP contribution is 2.06. The van der Waals surface area contributed by atoms with E-state index >= 15 is 0 Å². The number of hydrogen-bond donors (Lipinski definition) is 1. The van der Waals surface area contributed by atoms with Crippen molar-refractivity contribution >= 4 is 0 Å². The van der Waals surface area contributed by atoms with E-state index in [4.69, 9.17) is 5.73 Å². The van der Waals surface area contributed by atoms with Gasteiger partial charge in [-0.05, 0) is 6.42 Å². The fourth-order valence-corrected chi connectivity index (χ4v) is 1.10. The van der Waals surface area contributed by atoms with E-state index in [1.165, 1.54) is 32.1 Å². The van der Waals surface area contributed by atoms with Gasteiger partial charge in [0.05, 0.1) is 0 Å². The van der Waals surface area contributed by atoms with Crippen LogP contribution in [0.1, 0.15) is 45.4 Å². The lowest BCUT2D eigenvalue weighted by molar-refractivity contribution is 0.583. The molecule has 0 spiro atoms. The fourth-order valence-electron chi connectivity index (χ4n) is 1.10. The van der Waals surface area contributed by atoms with Crippen LogP contribution in [0.4, 0.5) is 0 Å². The molecule has 0 rings (SSSR count). The normalized spacial score (nSPS) is 12.9. The standard InChI is InChI=1S/C10H21N/c1-3-5-6-7-8-9-10(11)4-2/h4,10H,2-3,5-9,11H2,1H3. The summed E-state index contributed by atoms with van der Waals surface area (Å²) < 4.78 is 0. The minimum atomic E-state index is 0.219. The van der Waals surface area contributed by atoms with Crippen molar-refractivity contribution in [1.82, 2.24) is 0 Å². The lowest BCUT2D eigenvalue weighted by Gasteiger charge is -2.04. The molecular formula is C10H21N. The summed E-state index contributed by atoms with van der Waals surface area (Å²) in [6, 6.07) is 0.219. The van der Waals surface area contributed by atoms with Crippen LogP contribution in [0.5, 0.6) is 0 Å². The molecule has 0 aliphatic heterocycles. The molecule has 1 atom stereocenters. The topological polar surface area (TPSA) is 26.0 Å². The molecule has 0 saturated heterocycles.